The topological polar surface area (TPSA) is 21.3 Å². The number of methoxy groups -OCH3 is 1. The van der Waals surface area contributed by atoms with Crippen LogP contribution in [0.5, 0.6) is 5.75 Å². The normalized spacial score (nSPS) is 11.1. The molecule has 18 heavy (non-hydrogen) atoms. The number of nitrogens with one attached hydrogen (secondary N) is 1. The van der Waals surface area contributed by atoms with E-state index in [-0.39, 0.29) is 0 Å². The van der Waals surface area contributed by atoms with Crippen LogP contribution < -0.4 is 10.1 Å². The Hall–Kier alpha value is -1.54. The Labute approximate surface area is 109 Å². The predicted molar refractivity (Wildman–Crippen MR) is 77.0 cm³/mol. The first-order valence-corrected chi connectivity index (χ1v) is 6.47. The fraction of sp³-hybridized carbons (Fsp3) is 0.375. The molecule has 0 aliphatic heterocycles. The van der Waals surface area contributed by atoms with Crippen molar-refractivity contribution in [2.45, 2.75) is 20.4 Å². The molecule has 2 heteroatoms. The summed E-state index contributed by atoms with van der Waals surface area (Å²) in [6, 6.07) is 12.6. The van der Waals surface area contributed by atoms with Crippen molar-refractivity contribution in [2.75, 3.05) is 13.7 Å². The van der Waals surface area contributed by atoms with Gasteiger partial charge in [-0.2, -0.15) is 0 Å². The summed E-state index contributed by atoms with van der Waals surface area (Å²) in [5, 5.41) is 6.02. The number of rotatable bonds is 5. The SMILES string of the molecule is COc1ccc2ccccc2c1CNCC(C)C. The van der Waals surface area contributed by atoms with E-state index in [0.29, 0.717) is 5.92 Å². The Morgan fingerprint density at radius 2 is 1.89 bits per heavy atom. The van der Waals surface area contributed by atoms with E-state index in [2.05, 4.69) is 55.6 Å². The van der Waals surface area contributed by atoms with Crippen LogP contribution in [0.2, 0.25) is 0 Å². The molecule has 0 amide bonds. The van der Waals surface area contributed by atoms with Crippen molar-refractivity contribution in [3.8, 4) is 5.75 Å². The minimum absolute atomic E-state index is 0.658. The molecule has 0 aromatic heterocycles. The molecule has 0 spiro atoms. The predicted octanol–water partition coefficient (Wildman–Crippen LogP) is 3.59. The van der Waals surface area contributed by atoms with Gasteiger partial charge in [0.2, 0.25) is 0 Å². The standard InChI is InChI=1S/C16H21NO/c1-12(2)10-17-11-15-14-7-5-4-6-13(14)8-9-16(15)18-3/h4-9,12,17H,10-11H2,1-3H3. The number of benzene rings is 2. The van der Waals surface area contributed by atoms with Gasteiger partial charge in [0.25, 0.3) is 0 Å². The number of hydrogen-bond acceptors (Lipinski definition) is 2. The highest BCUT2D eigenvalue weighted by Crippen LogP contribution is 2.27. The van der Waals surface area contributed by atoms with E-state index in [1.807, 2.05) is 0 Å². The maximum absolute atomic E-state index is 5.47. The molecule has 0 atom stereocenters. The number of fused-ring (bicyclic) bond motifs is 1. The van der Waals surface area contributed by atoms with Gasteiger partial charge in [-0.25, -0.2) is 0 Å². The fourth-order valence-electron chi connectivity index (χ4n) is 2.18. The summed E-state index contributed by atoms with van der Waals surface area (Å²) < 4.78 is 5.47. The van der Waals surface area contributed by atoms with Crippen LogP contribution in [0.1, 0.15) is 19.4 Å². The van der Waals surface area contributed by atoms with Gasteiger partial charge in [0.05, 0.1) is 7.11 Å². The van der Waals surface area contributed by atoms with E-state index >= 15 is 0 Å². The molecule has 0 unspecified atom stereocenters. The van der Waals surface area contributed by atoms with Crippen LogP contribution >= 0.6 is 0 Å². The Balaban J connectivity index is 2.32. The van der Waals surface area contributed by atoms with Gasteiger partial charge in [-0.15, -0.1) is 0 Å². The average molecular weight is 243 g/mol. The van der Waals surface area contributed by atoms with Crippen molar-refractivity contribution >= 4 is 10.8 Å². The van der Waals surface area contributed by atoms with Crippen molar-refractivity contribution in [1.29, 1.82) is 0 Å². The Morgan fingerprint density at radius 1 is 1.11 bits per heavy atom. The van der Waals surface area contributed by atoms with Crippen LogP contribution in [0.15, 0.2) is 36.4 Å². The zero-order valence-corrected chi connectivity index (χ0v) is 11.4. The van der Waals surface area contributed by atoms with Crippen LogP contribution in [0.3, 0.4) is 0 Å². The molecule has 0 radical (unpaired) electrons. The molecule has 2 aromatic carbocycles. The second kappa shape index (κ2) is 5.87. The number of ether oxygens (including phenoxy) is 1. The molecule has 1 N–H and O–H groups in total. The molecule has 0 aliphatic rings. The smallest absolute Gasteiger partial charge is 0.123 e. The molecule has 0 saturated carbocycles. The van der Waals surface area contributed by atoms with Gasteiger partial charge in [0, 0.05) is 12.1 Å². The zero-order valence-electron chi connectivity index (χ0n) is 11.4. The lowest BCUT2D eigenvalue weighted by atomic mass is 10.0. The minimum atomic E-state index is 0.658. The average Bonchev–Trinajstić information content (AvgIpc) is 2.38. The largest absolute Gasteiger partial charge is 0.496 e. The molecule has 0 saturated heterocycles. The zero-order chi connectivity index (χ0) is 13.0. The van der Waals surface area contributed by atoms with Gasteiger partial charge < -0.3 is 10.1 Å². The van der Waals surface area contributed by atoms with Crippen LogP contribution in [0.25, 0.3) is 10.8 Å². The Kier molecular flexibility index (Phi) is 4.21. The Morgan fingerprint density at radius 3 is 2.61 bits per heavy atom. The monoisotopic (exact) mass is 243 g/mol. The quantitative estimate of drug-likeness (QED) is 0.866. The summed E-state index contributed by atoms with van der Waals surface area (Å²) in [6.45, 7) is 6.30. The maximum Gasteiger partial charge on any atom is 0.123 e. The van der Waals surface area contributed by atoms with Gasteiger partial charge in [-0.3, -0.25) is 0 Å². The third kappa shape index (κ3) is 2.82. The van der Waals surface area contributed by atoms with Crippen molar-refractivity contribution in [2.24, 2.45) is 5.92 Å². The van der Waals surface area contributed by atoms with E-state index in [4.69, 9.17) is 4.74 Å². The van der Waals surface area contributed by atoms with Crippen LogP contribution in [0, 0.1) is 5.92 Å². The van der Waals surface area contributed by atoms with E-state index in [1.54, 1.807) is 7.11 Å². The highest BCUT2D eigenvalue weighted by atomic mass is 16.5. The summed E-state index contributed by atoms with van der Waals surface area (Å²) in [7, 11) is 1.73. The van der Waals surface area contributed by atoms with Gasteiger partial charge in [0.15, 0.2) is 0 Å². The summed E-state index contributed by atoms with van der Waals surface area (Å²) in [6.07, 6.45) is 0. The van der Waals surface area contributed by atoms with E-state index in [0.717, 1.165) is 18.8 Å². The van der Waals surface area contributed by atoms with Crippen molar-refractivity contribution in [1.82, 2.24) is 5.32 Å². The summed E-state index contributed by atoms with van der Waals surface area (Å²) in [5.74, 6) is 1.62. The lowest BCUT2D eigenvalue weighted by molar-refractivity contribution is 0.407. The molecule has 0 aliphatic carbocycles. The molecular weight excluding hydrogens is 222 g/mol. The number of hydrogen-bond donors (Lipinski definition) is 1. The maximum atomic E-state index is 5.47. The second-order valence-corrected chi connectivity index (χ2v) is 4.99. The van der Waals surface area contributed by atoms with Gasteiger partial charge in [-0.1, -0.05) is 44.2 Å². The molecule has 0 heterocycles. The van der Waals surface area contributed by atoms with Crippen molar-refractivity contribution in [3.63, 3.8) is 0 Å². The van der Waals surface area contributed by atoms with E-state index in [1.165, 1.54) is 16.3 Å². The van der Waals surface area contributed by atoms with Gasteiger partial charge >= 0.3 is 0 Å². The van der Waals surface area contributed by atoms with E-state index < -0.39 is 0 Å². The van der Waals surface area contributed by atoms with Crippen molar-refractivity contribution < 1.29 is 4.74 Å². The highest BCUT2D eigenvalue weighted by molar-refractivity contribution is 5.87. The lowest BCUT2D eigenvalue weighted by Gasteiger charge is -2.14. The first-order chi connectivity index (χ1) is 8.72. The summed E-state index contributed by atoms with van der Waals surface area (Å²) >= 11 is 0. The molecule has 2 rings (SSSR count). The summed E-state index contributed by atoms with van der Waals surface area (Å²) in [4.78, 5) is 0. The first-order valence-electron chi connectivity index (χ1n) is 6.47. The molecule has 96 valence electrons. The van der Waals surface area contributed by atoms with Crippen LogP contribution in [0.4, 0.5) is 0 Å². The Bertz CT molecular complexity index is 519. The second-order valence-electron chi connectivity index (χ2n) is 4.99. The lowest BCUT2D eigenvalue weighted by Crippen LogP contribution is -2.19. The molecule has 0 bridgehead atoms. The molecule has 2 nitrogen and oxygen atoms in total. The van der Waals surface area contributed by atoms with Crippen LogP contribution in [-0.4, -0.2) is 13.7 Å². The third-order valence-electron chi connectivity index (χ3n) is 3.07. The highest BCUT2D eigenvalue weighted by Gasteiger charge is 2.07. The van der Waals surface area contributed by atoms with E-state index in [9.17, 15) is 0 Å². The molecule has 2 aromatic rings. The van der Waals surface area contributed by atoms with Gasteiger partial charge in [0.1, 0.15) is 5.75 Å². The fourth-order valence-corrected chi connectivity index (χ4v) is 2.18. The first kappa shape index (κ1) is 12.9. The third-order valence-corrected chi connectivity index (χ3v) is 3.07. The molecular formula is C16H21NO. The summed E-state index contributed by atoms with van der Waals surface area (Å²) in [5.41, 5.74) is 1.25. The van der Waals surface area contributed by atoms with Crippen LogP contribution in [-0.2, 0) is 6.54 Å². The minimum Gasteiger partial charge on any atom is -0.496 e. The van der Waals surface area contributed by atoms with Crippen molar-refractivity contribution in [3.05, 3.63) is 42.0 Å². The molecule has 0 fully saturated rings. The van der Waals surface area contributed by atoms with Gasteiger partial charge in [-0.05, 0) is 29.3 Å².